The van der Waals surface area contributed by atoms with E-state index in [0.717, 1.165) is 13.0 Å². The van der Waals surface area contributed by atoms with Gasteiger partial charge in [0.1, 0.15) is 0 Å². The molecule has 4 heteroatoms. The number of likely N-dealkylation sites (tertiary alicyclic amines) is 1. The smallest absolute Gasteiger partial charge is 0.317 e. The van der Waals surface area contributed by atoms with Crippen LogP contribution in [-0.2, 0) is 0 Å². The molecule has 1 fully saturated rings. The molecule has 2 unspecified atom stereocenters. The van der Waals surface area contributed by atoms with E-state index in [1.165, 1.54) is 6.42 Å². The van der Waals surface area contributed by atoms with E-state index in [1.54, 1.807) is 7.05 Å². The van der Waals surface area contributed by atoms with Crippen LogP contribution in [0.3, 0.4) is 0 Å². The summed E-state index contributed by atoms with van der Waals surface area (Å²) in [6.07, 6.45) is 2.26. The number of nitrogens with two attached hydrogens (primary N) is 1. The van der Waals surface area contributed by atoms with Gasteiger partial charge < -0.3 is 16.0 Å². The molecule has 1 aliphatic heterocycles. The summed E-state index contributed by atoms with van der Waals surface area (Å²) in [5.41, 5.74) is 5.65. The Morgan fingerprint density at radius 2 is 2.38 bits per heavy atom. The molecule has 0 aromatic carbocycles. The minimum atomic E-state index is 0.00185. The number of nitrogens with one attached hydrogen (secondary N) is 1. The summed E-state index contributed by atoms with van der Waals surface area (Å²) in [4.78, 5) is 13.3. The molecule has 76 valence electrons. The van der Waals surface area contributed by atoms with E-state index >= 15 is 0 Å². The van der Waals surface area contributed by atoms with Crippen molar-refractivity contribution in [1.82, 2.24) is 10.2 Å². The Kier molecular flexibility index (Phi) is 3.54. The van der Waals surface area contributed by atoms with Gasteiger partial charge in [0.2, 0.25) is 0 Å². The van der Waals surface area contributed by atoms with Crippen LogP contribution >= 0.6 is 0 Å². The number of carbonyl (C=O) groups is 1. The van der Waals surface area contributed by atoms with Crippen molar-refractivity contribution in [3.05, 3.63) is 0 Å². The summed E-state index contributed by atoms with van der Waals surface area (Å²) in [7, 11) is 1.66. The van der Waals surface area contributed by atoms with Gasteiger partial charge in [0, 0.05) is 26.2 Å². The van der Waals surface area contributed by atoms with Gasteiger partial charge in [-0.2, -0.15) is 0 Å². The van der Waals surface area contributed by atoms with E-state index in [2.05, 4.69) is 12.2 Å². The van der Waals surface area contributed by atoms with Gasteiger partial charge in [0.25, 0.3) is 0 Å². The Bertz CT molecular complexity index is 184. The first-order valence-electron chi connectivity index (χ1n) is 4.89. The summed E-state index contributed by atoms with van der Waals surface area (Å²) < 4.78 is 0. The van der Waals surface area contributed by atoms with Crippen molar-refractivity contribution in [3.63, 3.8) is 0 Å². The standard InChI is InChI=1S/C9H19N3O/c1-7-4-3-5-12(8(7)6-10)9(13)11-2/h7-8H,3-6,10H2,1-2H3,(H,11,13). The van der Waals surface area contributed by atoms with E-state index < -0.39 is 0 Å². The van der Waals surface area contributed by atoms with Crippen molar-refractivity contribution in [2.75, 3.05) is 20.1 Å². The molecular formula is C9H19N3O. The van der Waals surface area contributed by atoms with E-state index in [9.17, 15) is 4.79 Å². The van der Waals surface area contributed by atoms with Crippen LogP contribution in [0.5, 0.6) is 0 Å². The lowest BCUT2D eigenvalue weighted by molar-refractivity contribution is 0.124. The second kappa shape index (κ2) is 4.46. The first kappa shape index (κ1) is 10.3. The second-order valence-electron chi connectivity index (χ2n) is 3.67. The predicted molar refractivity (Wildman–Crippen MR) is 52.4 cm³/mol. The number of urea groups is 1. The molecule has 0 bridgehead atoms. The third kappa shape index (κ3) is 2.12. The van der Waals surface area contributed by atoms with Crippen molar-refractivity contribution in [3.8, 4) is 0 Å². The molecule has 2 amide bonds. The molecule has 0 aromatic rings. The highest BCUT2D eigenvalue weighted by atomic mass is 16.2. The van der Waals surface area contributed by atoms with Crippen LogP contribution in [0.25, 0.3) is 0 Å². The lowest BCUT2D eigenvalue weighted by Crippen LogP contribution is -2.53. The number of rotatable bonds is 1. The van der Waals surface area contributed by atoms with E-state index in [-0.39, 0.29) is 12.1 Å². The maximum atomic E-state index is 11.4. The summed E-state index contributed by atoms with van der Waals surface area (Å²) in [5, 5.41) is 2.65. The molecule has 0 spiro atoms. The van der Waals surface area contributed by atoms with Gasteiger partial charge in [0.05, 0.1) is 0 Å². The van der Waals surface area contributed by atoms with Gasteiger partial charge >= 0.3 is 6.03 Å². The molecule has 0 radical (unpaired) electrons. The maximum absolute atomic E-state index is 11.4. The van der Waals surface area contributed by atoms with Gasteiger partial charge in [-0.1, -0.05) is 6.92 Å². The average molecular weight is 185 g/mol. The Morgan fingerprint density at radius 3 is 2.92 bits per heavy atom. The van der Waals surface area contributed by atoms with Gasteiger partial charge in [0.15, 0.2) is 0 Å². The average Bonchev–Trinajstić information content (AvgIpc) is 2.16. The number of amides is 2. The lowest BCUT2D eigenvalue weighted by Gasteiger charge is -2.39. The summed E-state index contributed by atoms with van der Waals surface area (Å²) >= 11 is 0. The lowest BCUT2D eigenvalue weighted by atomic mass is 9.91. The molecule has 1 aliphatic rings. The monoisotopic (exact) mass is 185 g/mol. The molecular weight excluding hydrogens is 166 g/mol. The van der Waals surface area contributed by atoms with Crippen molar-refractivity contribution < 1.29 is 4.79 Å². The third-order valence-electron chi connectivity index (χ3n) is 2.83. The largest absolute Gasteiger partial charge is 0.341 e. The maximum Gasteiger partial charge on any atom is 0.317 e. The fourth-order valence-electron chi connectivity index (χ4n) is 2.00. The zero-order chi connectivity index (χ0) is 9.84. The molecule has 4 nitrogen and oxygen atoms in total. The van der Waals surface area contributed by atoms with Crippen molar-refractivity contribution in [2.24, 2.45) is 11.7 Å². The summed E-state index contributed by atoms with van der Waals surface area (Å²) in [5.74, 6) is 0.524. The van der Waals surface area contributed by atoms with Gasteiger partial charge in [-0.3, -0.25) is 0 Å². The second-order valence-corrected chi connectivity index (χ2v) is 3.67. The molecule has 0 saturated carbocycles. The minimum Gasteiger partial charge on any atom is -0.341 e. The van der Waals surface area contributed by atoms with Crippen LogP contribution in [0.4, 0.5) is 4.79 Å². The Labute approximate surface area is 79.5 Å². The summed E-state index contributed by atoms with van der Waals surface area (Å²) in [6, 6.07) is 0.218. The van der Waals surface area contributed by atoms with E-state index in [4.69, 9.17) is 5.73 Å². The number of carbonyl (C=O) groups excluding carboxylic acids is 1. The number of hydrogen-bond donors (Lipinski definition) is 2. The zero-order valence-corrected chi connectivity index (χ0v) is 8.42. The van der Waals surface area contributed by atoms with Gasteiger partial charge in [-0.25, -0.2) is 4.79 Å². The molecule has 1 rings (SSSR count). The number of nitrogens with zero attached hydrogens (tertiary/aromatic N) is 1. The quantitative estimate of drug-likeness (QED) is 0.620. The fraction of sp³-hybridized carbons (Fsp3) is 0.889. The molecule has 2 atom stereocenters. The number of hydrogen-bond acceptors (Lipinski definition) is 2. The first-order chi connectivity index (χ1) is 6.20. The minimum absolute atomic E-state index is 0.00185. The first-order valence-corrected chi connectivity index (χ1v) is 4.89. The van der Waals surface area contributed by atoms with Crippen LogP contribution in [-0.4, -0.2) is 37.1 Å². The number of piperidine rings is 1. The normalized spacial score (nSPS) is 28.7. The van der Waals surface area contributed by atoms with Crippen LogP contribution in [0, 0.1) is 5.92 Å². The van der Waals surface area contributed by atoms with Crippen molar-refractivity contribution in [2.45, 2.75) is 25.8 Å². The van der Waals surface area contributed by atoms with Gasteiger partial charge in [-0.05, 0) is 18.8 Å². The van der Waals surface area contributed by atoms with Crippen molar-refractivity contribution in [1.29, 1.82) is 0 Å². The van der Waals surface area contributed by atoms with E-state index in [0.29, 0.717) is 12.5 Å². The van der Waals surface area contributed by atoms with Crippen LogP contribution < -0.4 is 11.1 Å². The topological polar surface area (TPSA) is 58.4 Å². The molecule has 1 heterocycles. The Balaban J connectivity index is 2.64. The van der Waals surface area contributed by atoms with Crippen LogP contribution in [0.15, 0.2) is 0 Å². The predicted octanol–water partition coefficient (Wildman–Crippen LogP) is 0.385. The summed E-state index contributed by atoms with van der Waals surface area (Å²) in [6.45, 7) is 3.56. The highest BCUT2D eigenvalue weighted by Crippen LogP contribution is 2.22. The highest BCUT2D eigenvalue weighted by Gasteiger charge is 2.29. The molecule has 13 heavy (non-hydrogen) atoms. The molecule has 0 aliphatic carbocycles. The molecule has 3 N–H and O–H groups in total. The highest BCUT2D eigenvalue weighted by molar-refractivity contribution is 5.74. The molecule has 1 saturated heterocycles. The van der Waals surface area contributed by atoms with E-state index in [1.807, 2.05) is 4.90 Å². The third-order valence-corrected chi connectivity index (χ3v) is 2.83. The Hall–Kier alpha value is -0.770. The Morgan fingerprint density at radius 1 is 1.69 bits per heavy atom. The fourth-order valence-corrected chi connectivity index (χ4v) is 2.00. The van der Waals surface area contributed by atoms with Gasteiger partial charge in [-0.15, -0.1) is 0 Å². The van der Waals surface area contributed by atoms with Crippen molar-refractivity contribution >= 4 is 6.03 Å². The van der Waals surface area contributed by atoms with Crippen LogP contribution in [0.2, 0.25) is 0 Å². The van der Waals surface area contributed by atoms with Crippen LogP contribution in [0.1, 0.15) is 19.8 Å². The SMILES string of the molecule is CNC(=O)N1CCCC(C)C1CN. The molecule has 0 aromatic heterocycles. The zero-order valence-electron chi connectivity index (χ0n) is 8.42.